The molecule has 2 heterocycles. The molecule has 0 saturated heterocycles. The molecule has 5 heteroatoms. The summed E-state index contributed by atoms with van der Waals surface area (Å²) in [6.45, 7) is 2.10. The molecule has 3 aromatic carbocycles. The minimum atomic E-state index is 0.00608. The Balaban J connectivity index is 1.38. The van der Waals surface area contributed by atoms with Crippen molar-refractivity contribution in [1.29, 1.82) is 0 Å². The Labute approximate surface area is 198 Å². The highest BCUT2D eigenvalue weighted by molar-refractivity contribution is 5.93. The molecule has 34 heavy (non-hydrogen) atoms. The van der Waals surface area contributed by atoms with Crippen LogP contribution in [0.1, 0.15) is 24.0 Å². The van der Waals surface area contributed by atoms with E-state index in [0.717, 1.165) is 52.1 Å². The molecule has 1 amide bonds. The molecule has 0 fully saturated rings. The highest BCUT2D eigenvalue weighted by Gasteiger charge is 2.15. The molecule has 0 radical (unpaired) electrons. The number of benzene rings is 3. The van der Waals surface area contributed by atoms with Gasteiger partial charge in [0.05, 0.1) is 24.0 Å². The summed E-state index contributed by atoms with van der Waals surface area (Å²) < 4.78 is 5.17. The molecule has 5 nitrogen and oxygen atoms in total. The summed E-state index contributed by atoms with van der Waals surface area (Å²) in [7, 11) is 1.63. The molecule has 0 aliphatic rings. The number of pyridine rings is 1. The van der Waals surface area contributed by atoms with Crippen molar-refractivity contribution >= 4 is 33.4 Å². The first-order valence-electron chi connectivity index (χ1n) is 11.5. The summed E-state index contributed by atoms with van der Waals surface area (Å²) in [4.78, 5) is 21.1. The standard InChI is InChI=1S/C29H27N3O2/c1-19-10-16-26-24(18-19)23(7-5-9-28(33)30-21-12-14-22(34-2)15-13-21)29(32-26)27-17-11-20-6-3-4-8-25(20)31-27/h3-4,6,8,10-18,32H,5,7,9H2,1-2H3,(H,30,33). The highest BCUT2D eigenvalue weighted by atomic mass is 16.5. The molecular formula is C29H27N3O2. The second-order valence-corrected chi connectivity index (χ2v) is 8.55. The first kappa shape index (κ1) is 21.7. The number of para-hydroxylation sites is 1. The Kier molecular flexibility index (Phi) is 6.00. The molecule has 0 saturated carbocycles. The van der Waals surface area contributed by atoms with Crippen LogP contribution in [0.2, 0.25) is 0 Å². The Morgan fingerprint density at radius 1 is 1.00 bits per heavy atom. The van der Waals surface area contributed by atoms with Gasteiger partial charge in [-0.2, -0.15) is 0 Å². The van der Waals surface area contributed by atoms with Crippen molar-refractivity contribution in [2.75, 3.05) is 12.4 Å². The van der Waals surface area contributed by atoms with E-state index in [9.17, 15) is 4.79 Å². The van der Waals surface area contributed by atoms with Crippen LogP contribution >= 0.6 is 0 Å². The van der Waals surface area contributed by atoms with E-state index < -0.39 is 0 Å². The summed E-state index contributed by atoms with van der Waals surface area (Å²) in [5.41, 5.74) is 7.20. The second kappa shape index (κ2) is 9.40. The molecule has 0 bridgehead atoms. The number of nitrogens with one attached hydrogen (secondary N) is 2. The molecule has 2 N–H and O–H groups in total. The smallest absolute Gasteiger partial charge is 0.224 e. The molecule has 0 unspecified atom stereocenters. The Morgan fingerprint density at radius 3 is 2.65 bits per heavy atom. The zero-order chi connectivity index (χ0) is 23.5. The molecule has 5 aromatic rings. The van der Waals surface area contributed by atoms with E-state index in [2.05, 4.69) is 53.6 Å². The number of hydrogen-bond acceptors (Lipinski definition) is 3. The lowest BCUT2D eigenvalue weighted by Gasteiger charge is -2.08. The first-order chi connectivity index (χ1) is 16.6. The van der Waals surface area contributed by atoms with Crippen molar-refractivity contribution in [2.45, 2.75) is 26.2 Å². The normalized spacial score (nSPS) is 11.1. The van der Waals surface area contributed by atoms with Gasteiger partial charge in [0.25, 0.3) is 0 Å². The van der Waals surface area contributed by atoms with Crippen molar-refractivity contribution in [2.24, 2.45) is 0 Å². The fourth-order valence-corrected chi connectivity index (χ4v) is 4.37. The zero-order valence-electron chi connectivity index (χ0n) is 19.4. The van der Waals surface area contributed by atoms with Crippen molar-refractivity contribution in [1.82, 2.24) is 9.97 Å². The lowest BCUT2D eigenvalue weighted by molar-refractivity contribution is -0.116. The quantitative estimate of drug-likeness (QED) is 0.292. The highest BCUT2D eigenvalue weighted by Crippen LogP contribution is 2.32. The van der Waals surface area contributed by atoms with Gasteiger partial charge < -0.3 is 15.0 Å². The fourth-order valence-electron chi connectivity index (χ4n) is 4.37. The predicted molar refractivity (Wildman–Crippen MR) is 138 cm³/mol. The van der Waals surface area contributed by atoms with E-state index in [-0.39, 0.29) is 5.91 Å². The third-order valence-corrected chi connectivity index (χ3v) is 6.12. The Hall–Kier alpha value is -4.12. The van der Waals surface area contributed by atoms with Gasteiger partial charge in [0, 0.05) is 28.4 Å². The number of methoxy groups -OCH3 is 1. The van der Waals surface area contributed by atoms with Gasteiger partial charge in [0.1, 0.15) is 5.75 Å². The number of anilines is 1. The van der Waals surface area contributed by atoms with Crippen LogP contribution in [0.15, 0.2) is 78.9 Å². The molecular weight excluding hydrogens is 422 g/mol. The fraction of sp³-hybridized carbons (Fsp3) is 0.172. The second-order valence-electron chi connectivity index (χ2n) is 8.55. The maximum Gasteiger partial charge on any atom is 0.224 e. The van der Waals surface area contributed by atoms with Gasteiger partial charge in [-0.15, -0.1) is 0 Å². The van der Waals surface area contributed by atoms with Gasteiger partial charge in [-0.3, -0.25) is 4.79 Å². The van der Waals surface area contributed by atoms with E-state index >= 15 is 0 Å². The third-order valence-electron chi connectivity index (χ3n) is 6.12. The molecule has 0 aliphatic heterocycles. The number of amides is 1. The minimum Gasteiger partial charge on any atom is -0.497 e. The summed E-state index contributed by atoms with van der Waals surface area (Å²) in [6.07, 6.45) is 1.96. The number of rotatable bonds is 7. The number of hydrogen-bond donors (Lipinski definition) is 2. The van der Waals surface area contributed by atoms with Crippen molar-refractivity contribution in [3.63, 3.8) is 0 Å². The van der Waals surface area contributed by atoms with E-state index in [1.165, 1.54) is 16.5 Å². The van der Waals surface area contributed by atoms with Gasteiger partial charge >= 0.3 is 0 Å². The zero-order valence-corrected chi connectivity index (χ0v) is 19.4. The van der Waals surface area contributed by atoms with Gasteiger partial charge in [-0.05, 0) is 73.9 Å². The number of carbonyl (C=O) groups excluding carboxylic acids is 1. The number of nitrogens with zero attached hydrogens (tertiary/aromatic N) is 1. The predicted octanol–water partition coefficient (Wildman–Crippen LogP) is 6.66. The van der Waals surface area contributed by atoms with Crippen LogP contribution in [0.25, 0.3) is 33.2 Å². The summed E-state index contributed by atoms with van der Waals surface area (Å²) in [5, 5.41) is 5.29. The number of aryl methyl sites for hydroxylation is 2. The number of H-pyrrole nitrogens is 1. The minimum absolute atomic E-state index is 0.00608. The number of aromatic amines is 1. The van der Waals surface area contributed by atoms with E-state index in [1.807, 2.05) is 42.5 Å². The van der Waals surface area contributed by atoms with Crippen LogP contribution < -0.4 is 10.1 Å². The summed E-state index contributed by atoms with van der Waals surface area (Å²) in [5.74, 6) is 0.772. The topological polar surface area (TPSA) is 67.0 Å². The van der Waals surface area contributed by atoms with Crippen LogP contribution in [-0.2, 0) is 11.2 Å². The molecule has 170 valence electrons. The Morgan fingerprint density at radius 2 is 1.82 bits per heavy atom. The summed E-state index contributed by atoms with van der Waals surface area (Å²) in [6, 6.07) is 26.2. The van der Waals surface area contributed by atoms with Crippen molar-refractivity contribution in [3.05, 3.63) is 90.0 Å². The van der Waals surface area contributed by atoms with Gasteiger partial charge in [-0.25, -0.2) is 4.98 Å². The van der Waals surface area contributed by atoms with E-state index in [4.69, 9.17) is 9.72 Å². The van der Waals surface area contributed by atoms with E-state index in [1.54, 1.807) is 7.11 Å². The number of fused-ring (bicyclic) bond motifs is 2. The van der Waals surface area contributed by atoms with E-state index in [0.29, 0.717) is 6.42 Å². The van der Waals surface area contributed by atoms with Gasteiger partial charge in [0.2, 0.25) is 5.91 Å². The first-order valence-corrected chi connectivity index (χ1v) is 11.5. The molecule has 2 aromatic heterocycles. The number of ether oxygens (including phenoxy) is 1. The van der Waals surface area contributed by atoms with Gasteiger partial charge in [0.15, 0.2) is 0 Å². The van der Waals surface area contributed by atoms with Crippen LogP contribution in [0.4, 0.5) is 5.69 Å². The number of carbonyl (C=O) groups is 1. The van der Waals surface area contributed by atoms with Gasteiger partial charge in [-0.1, -0.05) is 35.9 Å². The molecule has 5 rings (SSSR count). The molecule has 0 atom stereocenters. The van der Waals surface area contributed by atoms with Crippen LogP contribution in [0.5, 0.6) is 5.75 Å². The molecule has 0 spiro atoms. The van der Waals surface area contributed by atoms with Crippen molar-refractivity contribution < 1.29 is 9.53 Å². The SMILES string of the molecule is COc1ccc(NC(=O)CCCc2c(-c3ccc4ccccc4n3)[nH]c3ccc(C)cc23)cc1. The average molecular weight is 450 g/mol. The monoisotopic (exact) mass is 449 g/mol. The molecule has 0 aliphatic carbocycles. The largest absolute Gasteiger partial charge is 0.497 e. The van der Waals surface area contributed by atoms with Crippen LogP contribution in [-0.4, -0.2) is 23.0 Å². The maximum atomic E-state index is 12.6. The third kappa shape index (κ3) is 4.50. The Bertz CT molecular complexity index is 1470. The average Bonchev–Trinajstić information content (AvgIpc) is 3.22. The number of aromatic nitrogens is 2. The van der Waals surface area contributed by atoms with Crippen LogP contribution in [0.3, 0.4) is 0 Å². The van der Waals surface area contributed by atoms with Crippen LogP contribution in [0, 0.1) is 6.92 Å². The lowest BCUT2D eigenvalue weighted by atomic mass is 10.0. The van der Waals surface area contributed by atoms with Crippen molar-refractivity contribution in [3.8, 4) is 17.1 Å². The summed E-state index contributed by atoms with van der Waals surface area (Å²) >= 11 is 0. The lowest BCUT2D eigenvalue weighted by Crippen LogP contribution is -2.11. The maximum absolute atomic E-state index is 12.6.